The molecular weight excluding hydrogens is 330 g/mol. The van der Waals surface area contributed by atoms with Crippen molar-refractivity contribution in [1.82, 2.24) is 15.0 Å². The molecule has 7 heteroatoms. The molecule has 0 atom stereocenters. The smallest absolute Gasteiger partial charge is 0.345 e. The van der Waals surface area contributed by atoms with E-state index < -0.39 is 5.97 Å². The third-order valence-electron chi connectivity index (χ3n) is 3.35. The van der Waals surface area contributed by atoms with Crippen molar-refractivity contribution in [2.24, 2.45) is 5.10 Å². The number of esters is 1. The maximum atomic E-state index is 12.0. The summed E-state index contributed by atoms with van der Waals surface area (Å²) in [5.41, 5.74) is 5.77. The van der Waals surface area contributed by atoms with Gasteiger partial charge in [-0.25, -0.2) is 20.2 Å². The van der Waals surface area contributed by atoms with Gasteiger partial charge in [0.1, 0.15) is 5.75 Å². The van der Waals surface area contributed by atoms with Crippen molar-refractivity contribution in [3.63, 3.8) is 0 Å². The molecule has 0 aliphatic rings. The zero-order valence-electron chi connectivity index (χ0n) is 14.4. The van der Waals surface area contributed by atoms with E-state index in [2.05, 4.69) is 25.5 Å². The Kier molecular flexibility index (Phi) is 5.28. The van der Waals surface area contributed by atoms with Gasteiger partial charge < -0.3 is 4.74 Å². The Bertz CT molecular complexity index is 904. The van der Waals surface area contributed by atoms with Crippen LogP contribution in [0.2, 0.25) is 0 Å². The number of hydrazone groups is 1. The number of carbonyl (C=O) groups excluding carboxylic acids is 1. The number of nitrogens with zero attached hydrogens (tertiary/aromatic N) is 4. The van der Waals surface area contributed by atoms with Crippen molar-refractivity contribution >= 4 is 18.1 Å². The Morgan fingerprint density at radius 2 is 1.85 bits per heavy atom. The van der Waals surface area contributed by atoms with Crippen LogP contribution in [0, 0.1) is 13.8 Å². The summed E-state index contributed by atoms with van der Waals surface area (Å²) in [4.78, 5) is 24.4. The number of pyridine rings is 1. The summed E-state index contributed by atoms with van der Waals surface area (Å²) in [7, 11) is 0. The lowest BCUT2D eigenvalue weighted by atomic mass is 10.2. The molecule has 3 rings (SSSR count). The molecule has 0 radical (unpaired) electrons. The van der Waals surface area contributed by atoms with Crippen LogP contribution in [0.3, 0.4) is 0 Å². The van der Waals surface area contributed by atoms with Crippen LogP contribution in [0.1, 0.15) is 27.3 Å². The molecule has 0 aliphatic carbocycles. The average molecular weight is 347 g/mol. The topological polar surface area (TPSA) is 89.4 Å². The van der Waals surface area contributed by atoms with Gasteiger partial charge in [-0.3, -0.25) is 4.98 Å². The fraction of sp³-hybridized carbons (Fsp3) is 0.105. The number of rotatable bonds is 5. The second-order valence-corrected chi connectivity index (χ2v) is 5.54. The van der Waals surface area contributed by atoms with Crippen molar-refractivity contribution < 1.29 is 9.53 Å². The van der Waals surface area contributed by atoms with Gasteiger partial charge in [0, 0.05) is 23.8 Å². The standard InChI is InChI=1S/C19H17N5O2/c1-13-10-14(2)23-19(22-13)24-21-11-15-5-7-17(8-6-15)26-18(25)16-4-3-9-20-12-16/h3-12H,1-2H3,(H,22,23,24). The highest BCUT2D eigenvalue weighted by atomic mass is 16.5. The van der Waals surface area contributed by atoms with Gasteiger partial charge >= 0.3 is 5.97 Å². The lowest BCUT2D eigenvalue weighted by Crippen LogP contribution is -2.08. The first-order valence-electron chi connectivity index (χ1n) is 7.94. The molecule has 0 saturated carbocycles. The first-order valence-corrected chi connectivity index (χ1v) is 7.94. The Balaban J connectivity index is 1.59. The SMILES string of the molecule is Cc1cc(C)nc(NN=Cc2ccc(OC(=O)c3cccnc3)cc2)n1. The van der Waals surface area contributed by atoms with E-state index in [1.54, 1.807) is 48.8 Å². The van der Waals surface area contributed by atoms with Gasteiger partial charge in [-0.05, 0) is 61.9 Å². The Hall–Kier alpha value is -3.61. The number of benzene rings is 1. The lowest BCUT2D eigenvalue weighted by Gasteiger charge is -2.04. The number of anilines is 1. The fourth-order valence-corrected chi connectivity index (χ4v) is 2.21. The molecule has 26 heavy (non-hydrogen) atoms. The molecule has 0 unspecified atom stereocenters. The minimum absolute atomic E-state index is 0.399. The molecule has 130 valence electrons. The number of carbonyl (C=O) groups is 1. The van der Waals surface area contributed by atoms with Gasteiger partial charge in [0.25, 0.3) is 0 Å². The molecule has 7 nitrogen and oxygen atoms in total. The van der Waals surface area contributed by atoms with Crippen LogP contribution in [0.5, 0.6) is 5.75 Å². The van der Waals surface area contributed by atoms with E-state index in [1.165, 1.54) is 6.20 Å². The maximum absolute atomic E-state index is 12.0. The first kappa shape index (κ1) is 17.2. The van der Waals surface area contributed by atoms with E-state index in [-0.39, 0.29) is 0 Å². The maximum Gasteiger partial charge on any atom is 0.345 e. The Morgan fingerprint density at radius 3 is 2.50 bits per heavy atom. The number of aromatic nitrogens is 3. The van der Waals surface area contributed by atoms with Gasteiger partial charge in [-0.15, -0.1) is 0 Å². The summed E-state index contributed by atoms with van der Waals surface area (Å²) < 4.78 is 5.30. The highest BCUT2D eigenvalue weighted by molar-refractivity contribution is 5.90. The number of aryl methyl sites for hydroxylation is 2. The molecule has 0 saturated heterocycles. The summed E-state index contributed by atoms with van der Waals surface area (Å²) in [5, 5.41) is 4.12. The predicted molar refractivity (Wildman–Crippen MR) is 98.4 cm³/mol. The van der Waals surface area contributed by atoms with Crippen molar-refractivity contribution in [3.05, 3.63) is 77.4 Å². The molecule has 2 heterocycles. The molecule has 0 aliphatic heterocycles. The van der Waals surface area contributed by atoms with Gasteiger partial charge in [0.15, 0.2) is 0 Å². The van der Waals surface area contributed by atoms with Crippen molar-refractivity contribution in [2.75, 3.05) is 5.43 Å². The van der Waals surface area contributed by atoms with Crippen LogP contribution in [0.15, 0.2) is 60.0 Å². The summed E-state index contributed by atoms with van der Waals surface area (Å²) >= 11 is 0. The van der Waals surface area contributed by atoms with Gasteiger partial charge in [-0.2, -0.15) is 5.10 Å². The van der Waals surface area contributed by atoms with E-state index in [0.717, 1.165) is 17.0 Å². The summed E-state index contributed by atoms with van der Waals surface area (Å²) in [5.74, 6) is 0.440. The molecule has 1 N–H and O–H groups in total. The fourth-order valence-electron chi connectivity index (χ4n) is 2.21. The van der Waals surface area contributed by atoms with Gasteiger partial charge in [0.2, 0.25) is 5.95 Å². The minimum Gasteiger partial charge on any atom is -0.423 e. The zero-order valence-corrected chi connectivity index (χ0v) is 14.4. The van der Waals surface area contributed by atoms with Crippen LogP contribution in [0.25, 0.3) is 0 Å². The van der Waals surface area contributed by atoms with E-state index in [4.69, 9.17) is 4.74 Å². The second-order valence-electron chi connectivity index (χ2n) is 5.54. The third kappa shape index (κ3) is 4.70. The van der Waals surface area contributed by atoms with Crippen molar-refractivity contribution in [1.29, 1.82) is 0 Å². The number of nitrogens with one attached hydrogen (secondary N) is 1. The molecule has 2 aromatic heterocycles. The zero-order chi connectivity index (χ0) is 18.4. The normalized spacial score (nSPS) is 10.7. The van der Waals surface area contributed by atoms with E-state index in [9.17, 15) is 4.79 Å². The monoisotopic (exact) mass is 347 g/mol. The van der Waals surface area contributed by atoms with Gasteiger partial charge in [0.05, 0.1) is 11.8 Å². The second kappa shape index (κ2) is 7.98. The van der Waals surface area contributed by atoms with Crippen LogP contribution in [0.4, 0.5) is 5.95 Å². The van der Waals surface area contributed by atoms with E-state index in [0.29, 0.717) is 17.3 Å². The van der Waals surface area contributed by atoms with E-state index >= 15 is 0 Å². The highest BCUT2D eigenvalue weighted by Crippen LogP contribution is 2.13. The van der Waals surface area contributed by atoms with Crippen LogP contribution in [-0.2, 0) is 0 Å². The average Bonchev–Trinajstić information content (AvgIpc) is 2.63. The number of ether oxygens (including phenoxy) is 1. The highest BCUT2D eigenvalue weighted by Gasteiger charge is 2.07. The van der Waals surface area contributed by atoms with Crippen molar-refractivity contribution in [3.8, 4) is 5.75 Å². The minimum atomic E-state index is -0.451. The van der Waals surface area contributed by atoms with Gasteiger partial charge in [-0.1, -0.05) is 0 Å². The molecule has 0 bridgehead atoms. The number of hydrogen-bond donors (Lipinski definition) is 1. The largest absolute Gasteiger partial charge is 0.423 e. The molecule has 1 aromatic carbocycles. The van der Waals surface area contributed by atoms with Crippen LogP contribution >= 0.6 is 0 Å². The third-order valence-corrected chi connectivity index (χ3v) is 3.35. The molecular formula is C19H17N5O2. The first-order chi connectivity index (χ1) is 12.6. The molecule has 0 spiro atoms. The quantitative estimate of drug-likeness (QED) is 0.330. The van der Waals surface area contributed by atoms with Crippen LogP contribution in [-0.4, -0.2) is 27.1 Å². The summed E-state index contributed by atoms with van der Waals surface area (Å²) in [6, 6.07) is 12.2. The van der Waals surface area contributed by atoms with Crippen LogP contribution < -0.4 is 10.2 Å². The summed E-state index contributed by atoms with van der Waals surface area (Å²) in [6.07, 6.45) is 4.69. The molecule has 0 fully saturated rings. The number of hydrogen-bond acceptors (Lipinski definition) is 7. The van der Waals surface area contributed by atoms with E-state index in [1.807, 2.05) is 19.9 Å². The lowest BCUT2D eigenvalue weighted by molar-refractivity contribution is 0.0734. The molecule has 0 amide bonds. The molecule has 3 aromatic rings. The predicted octanol–water partition coefficient (Wildman–Crippen LogP) is 3.15. The Morgan fingerprint density at radius 1 is 1.12 bits per heavy atom. The Labute approximate surface area is 150 Å². The van der Waals surface area contributed by atoms with Crippen molar-refractivity contribution in [2.45, 2.75) is 13.8 Å². The summed E-state index contributed by atoms with van der Waals surface area (Å²) in [6.45, 7) is 3.80.